The van der Waals surface area contributed by atoms with Crippen molar-refractivity contribution >= 4 is 11.7 Å². The Bertz CT molecular complexity index is 664. The first-order valence-electron chi connectivity index (χ1n) is 11.0. The van der Waals surface area contributed by atoms with Crippen LogP contribution in [-0.2, 0) is 11.8 Å². The molecule has 1 N–H and O–H groups in total. The van der Waals surface area contributed by atoms with E-state index in [1.807, 2.05) is 22.8 Å². The molecule has 1 saturated carbocycles. The van der Waals surface area contributed by atoms with Crippen LogP contribution in [0, 0.1) is 0 Å². The van der Waals surface area contributed by atoms with Crippen LogP contribution in [0.15, 0.2) is 6.20 Å². The third-order valence-corrected chi connectivity index (χ3v) is 6.72. The van der Waals surface area contributed by atoms with Gasteiger partial charge >= 0.3 is 6.03 Å². The maximum absolute atomic E-state index is 13.0. The van der Waals surface area contributed by atoms with Gasteiger partial charge in [0.15, 0.2) is 0 Å². The molecule has 7 nitrogen and oxygen atoms in total. The van der Waals surface area contributed by atoms with Gasteiger partial charge in [0, 0.05) is 64.1 Å². The summed E-state index contributed by atoms with van der Waals surface area (Å²) in [7, 11) is 1.94. The highest BCUT2D eigenvalue weighted by Gasteiger charge is 2.32. The van der Waals surface area contributed by atoms with Crippen molar-refractivity contribution in [3.8, 4) is 0 Å². The van der Waals surface area contributed by atoms with Crippen LogP contribution >= 0.6 is 0 Å². The second-order valence-electron chi connectivity index (χ2n) is 8.75. The lowest BCUT2D eigenvalue weighted by atomic mass is 9.86. The first-order valence-corrected chi connectivity index (χ1v) is 11.0. The van der Waals surface area contributed by atoms with Crippen molar-refractivity contribution in [3.63, 3.8) is 0 Å². The van der Waals surface area contributed by atoms with E-state index in [4.69, 9.17) is 4.74 Å². The predicted octanol–water partition coefficient (Wildman–Crippen LogP) is 3.18. The number of urea groups is 1. The molecule has 1 aromatic heterocycles. The Balaban J connectivity index is 1.37. The van der Waals surface area contributed by atoms with Crippen molar-refractivity contribution < 1.29 is 9.53 Å². The van der Waals surface area contributed by atoms with Crippen molar-refractivity contribution in [2.24, 2.45) is 7.05 Å². The summed E-state index contributed by atoms with van der Waals surface area (Å²) in [5.41, 5.74) is 1.97. The predicted molar refractivity (Wildman–Crippen MR) is 110 cm³/mol. The molecular formula is C21H35N5O2. The molecule has 0 radical (unpaired) electrons. The second-order valence-corrected chi connectivity index (χ2v) is 8.75. The third-order valence-electron chi connectivity index (χ3n) is 6.72. The Hall–Kier alpha value is -1.60. The van der Waals surface area contributed by atoms with Gasteiger partial charge in [-0.2, -0.15) is 5.10 Å². The minimum Gasteiger partial charge on any atom is -0.381 e. The van der Waals surface area contributed by atoms with Crippen LogP contribution in [0.4, 0.5) is 10.5 Å². The van der Waals surface area contributed by atoms with E-state index >= 15 is 0 Å². The smallest absolute Gasteiger partial charge is 0.322 e. The van der Waals surface area contributed by atoms with Crippen molar-refractivity contribution in [2.75, 3.05) is 38.2 Å². The minimum absolute atomic E-state index is 0.0178. The lowest BCUT2D eigenvalue weighted by Gasteiger charge is -2.44. The van der Waals surface area contributed by atoms with E-state index in [9.17, 15) is 4.79 Å². The molecule has 4 rings (SSSR count). The zero-order valence-corrected chi connectivity index (χ0v) is 17.4. The van der Waals surface area contributed by atoms with Crippen LogP contribution in [0.5, 0.6) is 0 Å². The standard InChI is InChI=1S/C21H35N5O2/c1-16-14-25(18-8-12-28-13-9-18)10-11-26(16)21(27)22-19-15-24(2)23-20(19)17-6-4-3-5-7-17/h15-18H,3-14H2,1-2H3,(H,22,27)/t16-/m0/s1. The molecule has 2 aliphatic heterocycles. The molecule has 1 aliphatic carbocycles. The molecule has 156 valence electrons. The fourth-order valence-corrected chi connectivity index (χ4v) is 5.14. The number of piperazine rings is 1. The van der Waals surface area contributed by atoms with E-state index in [1.165, 1.54) is 32.1 Å². The van der Waals surface area contributed by atoms with Gasteiger partial charge in [-0.1, -0.05) is 19.3 Å². The number of amides is 2. The molecule has 3 aliphatic rings. The topological polar surface area (TPSA) is 62.6 Å². The van der Waals surface area contributed by atoms with E-state index in [0.717, 1.165) is 57.1 Å². The average molecular weight is 390 g/mol. The first-order chi connectivity index (χ1) is 13.6. The lowest BCUT2D eigenvalue weighted by Crippen LogP contribution is -2.58. The molecule has 0 aromatic carbocycles. The Morgan fingerprint density at radius 1 is 1.14 bits per heavy atom. The van der Waals surface area contributed by atoms with Crippen LogP contribution < -0.4 is 5.32 Å². The Morgan fingerprint density at radius 2 is 1.89 bits per heavy atom. The molecule has 0 spiro atoms. The Labute approximate surface area is 168 Å². The fraction of sp³-hybridized carbons (Fsp3) is 0.810. The highest BCUT2D eigenvalue weighted by Crippen LogP contribution is 2.35. The van der Waals surface area contributed by atoms with E-state index in [1.54, 1.807) is 0 Å². The van der Waals surface area contributed by atoms with E-state index in [-0.39, 0.29) is 12.1 Å². The van der Waals surface area contributed by atoms with Gasteiger partial charge in [0.1, 0.15) is 0 Å². The van der Waals surface area contributed by atoms with Gasteiger partial charge < -0.3 is 15.0 Å². The van der Waals surface area contributed by atoms with Crippen LogP contribution in [0.2, 0.25) is 0 Å². The fourth-order valence-electron chi connectivity index (χ4n) is 5.14. The maximum atomic E-state index is 13.0. The van der Waals surface area contributed by atoms with E-state index in [2.05, 4.69) is 22.2 Å². The molecule has 28 heavy (non-hydrogen) atoms. The van der Waals surface area contributed by atoms with Gasteiger partial charge in [-0.05, 0) is 32.6 Å². The Morgan fingerprint density at radius 3 is 2.61 bits per heavy atom. The molecule has 0 unspecified atom stereocenters. The molecule has 1 aromatic rings. The summed E-state index contributed by atoms with van der Waals surface area (Å²) in [5.74, 6) is 0.480. The van der Waals surface area contributed by atoms with Crippen LogP contribution in [0.1, 0.15) is 63.5 Å². The molecule has 3 heterocycles. The van der Waals surface area contributed by atoms with Gasteiger partial charge in [-0.25, -0.2) is 4.79 Å². The molecule has 1 atom stereocenters. The quantitative estimate of drug-likeness (QED) is 0.862. The molecular weight excluding hydrogens is 354 g/mol. The number of hydrogen-bond acceptors (Lipinski definition) is 4. The summed E-state index contributed by atoms with van der Waals surface area (Å²) < 4.78 is 7.34. The first kappa shape index (κ1) is 19.7. The van der Waals surface area contributed by atoms with Crippen molar-refractivity contribution in [3.05, 3.63) is 11.9 Å². The summed E-state index contributed by atoms with van der Waals surface area (Å²) in [4.78, 5) is 17.6. The molecule has 7 heteroatoms. The maximum Gasteiger partial charge on any atom is 0.322 e. The minimum atomic E-state index is 0.0178. The zero-order valence-electron chi connectivity index (χ0n) is 17.4. The average Bonchev–Trinajstić information content (AvgIpc) is 3.09. The van der Waals surface area contributed by atoms with Crippen molar-refractivity contribution in [2.45, 2.75) is 69.9 Å². The second kappa shape index (κ2) is 8.82. The summed E-state index contributed by atoms with van der Waals surface area (Å²) in [6, 6.07) is 0.841. The highest BCUT2D eigenvalue weighted by molar-refractivity contribution is 5.90. The number of ether oxygens (including phenoxy) is 1. The normalized spacial score (nSPS) is 25.8. The molecule has 2 amide bonds. The van der Waals surface area contributed by atoms with Gasteiger partial charge in [-0.15, -0.1) is 0 Å². The molecule has 3 fully saturated rings. The summed E-state index contributed by atoms with van der Waals surface area (Å²) in [5, 5.41) is 7.88. The third kappa shape index (κ3) is 4.35. The van der Waals surface area contributed by atoms with Crippen LogP contribution in [0.3, 0.4) is 0 Å². The van der Waals surface area contributed by atoms with Gasteiger partial charge in [-0.3, -0.25) is 9.58 Å². The number of rotatable bonds is 3. The van der Waals surface area contributed by atoms with E-state index < -0.39 is 0 Å². The zero-order chi connectivity index (χ0) is 19.5. The number of nitrogens with one attached hydrogen (secondary N) is 1. The van der Waals surface area contributed by atoms with Crippen LogP contribution in [0.25, 0.3) is 0 Å². The highest BCUT2D eigenvalue weighted by atomic mass is 16.5. The number of carbonyl (C=O) groups excluding carboxylic acids is 1. The number of hydrogen-bond donors (Lipinski definition) is 1. The number of nitrogens with zero attached hydrogens (tertiary/aromatic N) is 4. The molecule has 0 bridgehead atoms. The number of aryl methyl sites for hydroxylation is 1. The van der Waals surface area contributed by atoms with Crippen molar-refractivity contribution in [1.82, 2.24) is 19.6 Å². The summed E-state index contributed by atoms with van der Waals surface area (Å²) in [6.45, 7) is 6.57. The number of aromatic nitrogens is 2. The monoisotopic (exact) mass is 389 g/mol. The SMILES string of the molecule is C[C@H]1CN(C2CCOCC2)CCN1C(=O)Nc1cn(C)nc1C1CCCCC1. The lowest BCUT2D eigenvalue weighted by molar-refractivity contribution is 0.00816. The summed E-state index contributed by atoms with van der Waals surface area (Å²) >= 11 is 0. The van der Waals surface area contributed by atoms with Crippen molar-refractivity contribution in [1.29, 1.82) is 0 Å². The van der Waals surface area contributed by atoms with Gasteiger partial charge in [0.2, 0.25) is 0 Å². The summed E-state index contributed by atoms with van der Waals surface area (Å²) in [6.07, 6.45) is 10.4. The number of anilines is 1. The Kier molecular flexibility index (Phi) is 6.21. The van der Waals surface area contributed by atoms with Gasteiger partial charge in [0.25, 0.3) is 0 Å². The van der Waals surface area contributed by atoms with Crippen LogP contribution in [-0.4, -0.2) is 70.5 Å². The largest absolute Gasteiger partial charge is 0.381 e. The number of carbonyl (C=O) groups is 1. The van der Waals surface area contributed by atoms with Gasteiger partial charge in [0.05, 0.1) is 11.4 Å². The van der Waals surface area contributed by atoms with E-state index in [0.29, 0.717) is 12.0 Å². The molecule has 2 saturated heterocycles.